The van der Waals surface area contributed by atoms with Crippen LogP contribution in [0.1, 0.15) is 203 Å². The van der Waals surface area contributed by atoms with Crippen LogP contribution in [0.25, 0.3) is 11.1 Å². The van der Waals surface area contributed by atoms with Gasteiger partial charge in [-0.05, 0) is 87.3 Å². The van der Waals surface area contributed by atoms with E-state index in [-0.39, 0.29) is 11.8 Å². The van der Waals surface area contributed by atoms with Gasteiger partial charge in [-0.1, -0.05) is 180 Å². The van der Waals surface area contributed by atoms with Crippen LogP contribution in [-0.4, -0.2) is 74.0 Å². The van der Waals surface area contributed by atoms with Gasteiger partial charge in [-0.25, -0.2) is 0 Å². The second-order valence-electron chi connectivity index (χ2n) is 16.4. The van der Waals surface area contributed by atoms with Crippen molar-refractivity contribution in [1.82, 2.24) is 20.4 Å². The molecule has 0 aromatic heterocycles. The quantitative estimate of drug-likeness (QED) is 0.0671. The minimum absolute atomic E-state index is 0.0137. The molecule has 0 fully saturated rings. The first kappa shape index (κ1) is 49.4. The largest absolute Gasteiger partial charge is 0.351 e. The molecule has 6 heteroatoms. The molecule has 318 valence electrons. The first-order chi connectivity index (χ1) is 27.5. The van der Waals surface area contributed by atoms with Gasteiger partial charge in [-0.2, -0.15) is 0 Å². The van der Waals surface area contributed by atoms with Crippen LogP contribution in [0.3, 0.4) is 0 Å². The fourth-order valence-corrected chi connectivity index (χ4v) is 7.62. The molecule has 0 heterocycles. The zero-order chi connectivity index (χ0) is 40.3. The molecule has 0 aliphatic rings. The number of carbonyl (C=O) groups excluding carboxylic acids is 2. The number of carbonyl (C=O) groups is 2. The van der Waals surface area contributed by atoms with E-state index in [0.717, 1.165) is 50.4 Å². The Bertz CT molecular complexity index is 1090. The van der Waals surface area contributed by atoms with Crippen LogP contribution in [0.4, 0.5) is 0 Å². The van der Waals surface area contributed by atoms with E-state index in [9.17, 15) is 9.59 Å². The molecule has 2 aromatic rings. The van der Waals surface area contributed by atoms with Crippen molar-refractivity contribution in [2.75, 3.05) is 52.4 Å². The maximum Gasteiger partial charge on any atom is 0.251 e. The summed E-state index contributed by atoms with van der Waals surface area (Å²) in [5.74, 6) is -0.0275. The van der Waals surface area contributed by atoms with Crippen molar-refractivity contribution in [3.05, 3.63) is 59.7 Å². The third-order valence-electron chi connectivity index (χ3n) is 11.4. The highest BCUT2D eigenvalue weighted by Gasteiger charge is 2.11. The molecule has 2 amide bonds. The van der Waals surface area contributed by atoms with E-state index in [1.54, 1.807) is 0 Å². The third-order valence-corrected chi connectivity index (χ3v) is 11.4. The van der Waals surface area contributed by atoms with Crippen molar-refractivity contribution in [2.24, 2.45) is 0 Å². The van der Waals surface area contributed by atoms with Gasteiger partial charge in [0.2, 0.25) is 0 Å². The van der Waals surface area contributed by atoms with Gasteiger partial charge in [0.25, 0.3) is 11.8 Å². The Morgan fingerprint density at radius 3 is 0.875 bits per heavy atom. The summed E-state index contributed by atoms with van der Waals surface area (Å²) in [5, 5.41) is 6.36. The molecule has 0 saturated carbocycles. The summed E-state index contributed by atoms with van der Waals surface area (Å²) in [6, 6.07) is 15.7. The number of hydrogen-bond acceptors (Lipinski definition) is 4. The van der Waals surface area contributed by atoms with Gasteiger partial charge in [-0.3, -0.25) is 9.59 Å². The summed E-state index contributed by atoms with van der Waals surface area (Å²) in [7, 11) is 0. The Morgan fingerprint density at radius 2 is 0.607 bits per heavy atom. The third kappa shape index (κ3) is 24.2. The highest BCUT2D eigenvalue weighted by molar-refractivity contribution is 5.95. The highest BCUT2D eigenvalue weighted by Crippen LogP contribution is 2.21. The van der Waals surface area contributed by atoms with Crippen LogP contribution in [0.2, 0.25) is 0 Å². The molecule has 0 aliphatic carbocycles. The van der Waals surface area contributed by atoms with Crippen LogP contribution < -0.4 is 10.6 Å². The number of unbranched alkanes of at least 4 members (excludes halogenated alkanes) is 20. The molecule has 0 radical (unpaired) electrons. The molecular weight excluding hydrogens is 689 g/mol. The summed E-state index contributed by atoms with van der Waals surface area (Å²) in [6.45, 7) is 16.8. The van der Waals surface area contributed by atoms with Gasteiger partial charge in [-0.15, -0.1) is 0 Å². The Labute approximate surface area is 345 Å². The van der Waals surface area contributed by atoms with E-state index in [2.05, 4.69) is 48.1 Å². The van der Waals surface area contributed by atoms with Crippen LogP contribution in [-0.2, 0) is 0 Å². The SMILES string of the molecule is CCCCCCCCN(CCCCCCCC)CCNC(=O)c1ccc(-c2ccc(C(=O)NCCN(CCCCCCCC)CCCCCCCC)cc2)cc1. The Hall–Kier alpha value is -2.70. The van der Waals surface area contributed by atoms with E-state index in [1.807, 2.05) is 48.5 Å². The summed E-state index contributed by atoms with van der Waals surface area (Å²) in [5.41, 5.74) is 3.45. The number of amides is 2. The first-order valence-corrected chi connectivity index (χ1v) is 23.7. The number of nitrogens with one attached hydrogen (secondary N) is 2. The van der Waals surface area contributed by atoms with Crippen molar-refractivity contribution < 1.29 is 9.59 Å². The maximum atomic E-state index is 13.1. The lowest BCUT2D eigenvalue weighted by Crippen LogP contribution is -2.36. The fraction of sp³-hybridized carbons (Fsp3) is 0.720. The van der Waals surface area contributed by atoms with E-state index < -0.39 is 0 Å². The van der Waals surface area contributed by atoms with Crippen molar-refractivity contribution in [2.45, 2.75) is 182 Å². The molecule has 0 saturated heterocycles. The van der Waals surface area contributed by atoms with Gasteiger partial charge < -0.3 is 20.4 Å². The van der Waals surface area contributed by atoms with E-state index >= 15 is 0 Å². The lowest BCUT2D eigenvalue weighted by atomic mass is 10.0. The molecule has 6 nitrogen and oxygen atoms in total. The van der Waals surface area contributed by atoms with Crippen LogP contribution in [0, 0.1) is 0 Å². The van der Waals surface area contributed by atoms with E-state index in [1.165, 1.54) is 154 Å². The van der Waals surface area contributed by atoms with Crippen LogP contribution >= 0.6 is 0 Å². The van der Waals surface area contributed by atoms with E-state index in [0.29, 0.717) is 24.2 Å². The summed E-state index contributed by atoms with van der Waals surface area (Å²) >= 11 is 0. The van der Waals surface area contributed by atoms with Crippen molar-refractivity contribution in [3.63, 3.8) is 0 Å². The molecular formula is C50H86N4O2. The zero-order valence-corrected chi connectivity index (χ0v) is 37.0. The predicted octanol–water partition coefficient (Wildman–Crippen LogP) is 12.9. The zero-order valence-electron chi connectivity index (χ0n) is 37.0. The lowest BCUT2D eigenvalue weighted by molar-refractivity contribution is 0.0939. The molecule has 2 N–H and O–H groups in total. The summed E-state index contributed by atoms with van der Waals surface area (Å²) in [4.78, 5) is 31.3. The summed E-state index contributed by atoms with van der Waals surface area (Å²) < 4.78 is 0. The lowest BCUT2D eigenvalue weighted by Gasteiger charge is -2.22. The number of benzene rings is 2. The number of rotatable bonds is 37. The van der Waals surface area contributed by atoms with Crippen molar-refractivity contribution >= 4 is 11.8 Å². The molecule has 0 spiro atoms. The Balaban J connectivity index is 1.81. The average molecular weight is 775 g/mol. The topological polar surface area (TPSA) is 64.7 Å². The molecule has 0 bridgehead atoms. The van der Waals surface area contributed by atoms with Crippen molar-refractivity contribution in [3.8, 4) is 11.1 Å². The molecule has 2 rings (SSSR count). The minimum Gasteiger partial charge on any atom is -0.351 e. The maximum absolute atomic E-state index is 13.1. The molecule has 0 atom stereocenters. The fourth-order valence-electron chi connectivity index (χ4n) is 7.62. The Morgan fingerprint density at radius 1 is 0.357 bits per heavy atom. The molecule has 0 aliphatic heterocycles. The average Bonchev–Trinajstić information content (AvgIpc) is 3.22. The molecule has 56 heavy (non-hydrogen) atoms. The van der Waals surface area contributed by atoms with E-state index in [4.69, 9.17) is 0 Å². The van der Waals surface area contributed by atoms with Crippen molar-refractivity contribution in [1.29, 1.82) is 0 Å². The molecule has 2 aromatic carbocycles. The monoisotopic (exact) mass is 775 g/mol. The minimum atomic E-state index is -0.0137. The standard InChI is InChI=1S/C50H86N4O2/c1-5-9-13-17-21-25-39-53(40-26-22-18-14-10-6-2)43-37-51-49(55)47-33-29-45(30-34-47)46-31-35-48(36-32-46)50(56)52-38-44-54(41-27-23-19-15-11-7-3)42-28-24-20-16-12-8-4/h29-36H,5-28,37-44H2,1-4H3,(H,51,55)(H,52,56). The predicted molar refractivity (Wildman–Crippen MR) is 243 cm³/mol. The highest BCUT2D eigenvalue weighted by atomic mass is 16.2. The smallest absolute Gasteiger partial charge is 0.251 e. The van der Waals surface area contributed by atoms with Gasteiger partial charge in [0.1, 0.15) is 0 Å². The number of nitrogens with zero attached hydrogens (tertiary/aromatic N) is 2. The van der Waals surface area contributed by atoms with Gasteiger partial charge in [0.15, 0.2) is 0 Å². The molecule has 0 unspecified atom stereocenters. The van der Waals surface area contributed by atoms with Crippen LogP contribution in [0.5, 0.6) is 0 Å². The first-order valence-electron chi connectivity index (χ1n) is 23.7. The number of hydrogen-bond donors (Lipinski definition) is 2. The summed E-state index contributed by atoms with van der Waals surface area (Å²) in [6.07, 6.45) is 31.5. The second-order valence-corrected chi connectivity index (χ2v) is 16.4. The van der Waals surface area contributed by atoms with Gasteiger partial charge in [0, 0.05) is 37.3 Å². The normalized spacial score (nSPS) is 11.5. The second kappa shape index (κ2) is 34.4. The Kier molecular flexibility index (Phi) is 30.3. The van der Waals surface area contributed by atoms with Crippen LogP contribution in [0.15, 0.2) is 48.5 Å². The van der Waals surface area contributed by atoms with Gasteiger partial charge >= 0.3 is 0 Å². The van der Waals surface area contributed by atoms with Gasteiger partial charge in [0.05, 0.1) is 0 Å².